The van der Waals surface area contributed by atoms with Gasteiger partial charge in [-0.2, -0.15) is 0 Å². The Morgan fingerprint density at radius 1 is 1.40 bits per heavy atom. The Morgan fingerprint density at radius 2 is 2.00 bits per heavy atom. The highest BCUT2D eigenvalue weighted by molar-refractivity contribution is 7.92. The van der Waals surface area contributed by atoms with Crippen LogP contribution >= 0.6 is 0 Å². The zero-order chi connectivity index (χ0) is 11.7. The first-order valence-corrected chi connectivity index (χ1v) is 7.22. The standard InChI is InChI=1S/C11H22O3S/c1-9(2)11(3,4)15(12,13)8-10-5-6-14-7-10/h9-10H,5-8H2,1-4H3/t10-/m1/s1. The maximum atomic E-state index is 12.2. The van der Waals surface area contributed by atoms with E-state index in [-0.39, 0.29) is 17.6 Å². The van der Waals surface area contributed by atoms with Gasteiger partial charge in [-0.25, -0.2) is 8.42 Å². The van der Waals surface area contributed by atoms with Gasteiger partial charge in [0.1, 0.15) is 0 Å². The number of rotatable bonds is 4. The second-order valence-corrected chi connectivity index (χ2v) is 7.88. The highest BCUT2D eigenvalue weighted by Crippen LogP contribution is 2.29. The highest BCUT2D eigenvalue weighted by atomic mass is 32.2. The molecule has 1 rings (SSSR count). The average molecular weight is 234 g/mol. The molecule has 1 aliphatic heterocycles. The summed E-state index contributed by atoms with van der Waals surface area (Å²) >= 11 is 0. The molecule has 0 aromatic carbocycles. The zero-order valence-electron chi connectivity index (χ0n) is 10.1. The van der Waals surface area contributed by atoms with Crippen LogP contribution in [0.15, 0.2) is 0 Å². The first-order valence-electron chi connectivity index (χ1n) is 5.57. The Kier molecular flexibility index (Phi) is 3.82. The van der Waals surface area contributed by atoms with Crippen molar-refractivity contribution in [3.63, 3.8) is 0 Å². The van der Waals surface area contributed by atoms with Crippen LogP contribution in [0.1, 0.15) is 34.1 Å². The summed E-state index contributed by atoms with van der Waals surface area (Å²) in [5.41, 5.74) is 0. The molecule has 0 aromatic rings. The Hall–Kier alpha value is -0.0900. The van der Waals surface area contributed by atoms with Crippen LogP contribution in [-0.2, 0) is 14.6 Å². The summed E-state index contributed by atoms with van der Waals surface area (Å²) in [5.74, 6) is 0.621. The maximum Gasteiger partial charge on any atom is 0.156 e. The van der Waals surface area contributed by atoms with Gasteiger partial charge in [0.05, 0.1) is 17.1 Å². The molecule has 1 saturated heterocycles. The molecule has 4 heteroatoms. The number of ether oxygens (including phenoxy) is 1. The molecule has 15 heavy (non-hydrogen) atoms. The predicted molar refractivity (Wildman–Crippen MR) is 61.6 cm³/mol. The van der Waals surface area contributed by atoms with Crippen LogP contribution in [0.25, 0.3) is 0 Å². The van der Waals surface area contributed by atoms with Gasteiger partial charge in [-0.3, -0.25) is 0 Å². The van der Waals surface area contributed by atoms with E-state index in [9.17, 15) is 8.42 Å². The third-order valence-corrected chi connectivity index (χ3v) is 6.66. The van der Waals surface area contributed by atoms with E-state index in [2.05, 4.69) is 0 Å². The fourth-order valence-electron chi connectivity index (χ4n) is 1.60. The SMILES string of the molecule is CC(C)C(C)(C)S(=O)(=O)C[C@@H]1CCOC1. The van der Waals surface area contributed by atoms with E-state index < -0.39 is 14.6 Å². The summed E-state index contributed by atoms with van der Waals surface area (Å²) in [4.78, 5) is 0. The topological polar surface area (TPSA) is 43.4 Å². The van der Waals surface area contributed by atoms with Gasteiger partial charge in [0, 0.05) is 6.61 Å². The highest BCUT2D eigenvalue weighted by Gasteiger charge is 2.39. The van der Waals surface area contributed by atoms with E-state index in [0.717, 1.165) is 6.42 Å². The minimum absolute atomic E-state index is 0.143. The fraction of sp³-hybridized carbons (Fsp3) is 1.00. The van der Waals surface area contributed by atoms with Crippen molar-refractivity contribution in [2.45, 2.75) is 38.9 Å². The van der Waals surface area contributed by atoms with Gasteiger partial charge in [0.15, 0.2) is 9.84 Å². The van der Waals surface area contributed by atoms with E-state index >= 15 is 0 Å². The molecule has 0 aliphatic carbocycles. The second kappa shape index (κ2) is 4.42. The van der Waals surface area contributed by atoms with Crippen molar-refractivity contribution >= 4 is 9.84 Å². The van der Waals surface area contributed by atoms with Crippen LogP contribution < -0.4 is 0 Å². The van der Waals surface area contributed by atoms with E-state index in [1.165, 1.54) is 0 Å². The van der Waals surface area contributed by atoms with E-state index in [1.807, 2.05) is 27.7 Å². The van der Waals surface area contributed by atoms with Crippen LogP contribution in [0.2, 0.25) is 0 Å². The number of sulfone groups is 1. The van der Waals surface area contributed by atoms with Crippen LogP contribution in [0.4, 0.5) is 0 Å². The zero-order valence-corrected chi connectivity index (χ0v) is 10.9. The van der Waals surface area contributed by atoms with Crippen LogP contribution in [0.3, 0.4) is 0 Å². The predicted octanol–water partition coefficient (Wildman–Crippen LogP) is 1.87. The van der Waals surface area contributed by atoms with Crippen molar-refractivity contribution in [1.29, 1.82) is 0 Å². The lowest BCUT2D eigenvalue weighted by Gasteiger charge is -2.30. The second-order valence-electron chi connectivity index (χ2n) is 5.27. The lowest BCUT2D eigenvalue weighted by atomic mass is 10.00. The molecule has 1 aliphatic rings. The largest absolute Gasteiger partial charge is 0.381 e. The van der Waals surface area contributed by atoms with Gasteiger partial charge < -0.3 is 4.74 Å². The van der Waals surface area contributed by atoms with Crippen LogP contribution in [0, 0.1) is 11.8 Å². The molecule has 0 N–H and O–H groups in total. The van der Waals surface area contributed by atoms with Crippen molar-refractivity contribution < 1.29 is 13.2 Å². The van der Waals surface area contributed by atoms with Crippen molar-refractivity contribution in [3.05, 3.63) is 0 Å². The molecule has 0 spiro atoms. The monoisotopic (exact) mass is 234 g/mol. The Balaban J connectivity index is 2.73. The van der Waals surface area contributed by atoms with Gasteiger partial charge in [-0.05, 0) is 32.1 Å². The quantitative estimate of drug-likeness (QED) is 0.746. The van der Waals surface area contributed by atoms with E-state index in [0.29, 0.717) is 13.2 Å². The van der Waals surface area contributed by atoms with Crippen molar-refractivity contribution in [3.8, 4) is 0 Å². The van der Waals surface area contributed by atoms with Gasteiger partial charge >= 0.3 is 0 Å². The van der Waals surface area contributed by atoms with Gasteiger partial charge in [0.25, 0.3) is 0 Å². The van der Waals surface area contributed by atoms with Gasteiger partial charge in [0.2, 0.25) is 0 Å². The molecule has 90 valence electrons. The Labute approximate surface area is 93.1 Å². The Morgan fingerprint density at radius 3 is 2.40 bits per heavy atom. The fourth-order valence-corrected chi connectivity index (χ4v) is 3.63. The molecule has 0 amide bonds. The molecule has 0 bridgehead atoms. The molecule has 0 aromatic heterocycles. The van der Waals surface area contributed by atoms with Crippen LogP contribution in [-0.4, -0.2) is 32.1 Å². The molecular weight excluding hydrogens is 212 g/mol. The molecule has 0 unspecified atom stereocenters. The van der Waals surface area contributed by atoms with Crippen LogP contribution in [0.5, 0.6) is 0 Å². The molecule has 0 radical (unpaired) electrons. The molecule has 0 saturated carbocycles. The molecule has 1 heterocycles. The minimum atomic E-state index is -3.02. The minimum Gasteiger partial charge on any atom is -0.381 e. The summed E-state index contributed by atoms with van der Waals surface area (Å²) in [6, 6.07) is 0. The first-order chi connectivity index (χ1) is 6.77. The third-order valence-electron chi connectivity index (χ3n) is 3.67. The summed E-state index contributed by atoms with van der Waals surface area (Å²) in [7, 11) is -3.02. The third kappa shape index (κ3) is 2.72. The van der Waals surface area contributed by atoms with E-state index in [1.54, 1.807) is 0 Å². The summed E-state index contributed by atoms with van der Waals surface area (Å²) in [6.45, 7) is 8.88. The Bertz CT molecular complexity index is 298. The lowest BCUT2D eigenvalue weighted by molar-refractivity contribution is 0.188. The number of hydrogen-bond acceptors (Lipinski definition) is 3. The van der Waals surface area contributed by atoms with Gasteiger partial charge in [-0.1, -0.05) is 13.8 Å². The summed E-state index contributed by atoms with van der Waals surface area (Å²) in [5, 5.41) is 0. The maximum absolute atomic E-state index is 12.2. The van der Waals surface area contributed by atoms with Gasteiger partial charge in [-0.15, -0.1) is 0 Å². The molecular formula is C11H22O3S. The van der Waals surface area contributed by atoms with Crippen molar-refractivity contribution in [2.24, 2.45) is 11.8 Å². The molecule has 3 nitrogen and oxygen atoms in total. The normalized spacial score (nSPS) is 23.7. The smallest absolute Gasteiger partial charge is 0.156 e. The van der Waals surface area contributed by atoms with Crippen molar-refractivity contribution in [1.82, 2.24) is 0 Å². The van der Waals surface area contributed by atoms with E-state index in [4.69, 9.17) is 4.74 Å². The number of hydrogen-bond donors (Lipinski definition) is 0. The first kappa shape index (κ1) is 13.0. The average Bonchev–Trinajstić information content (AvgIpc) is 2.55. The molecule has 1 fully saturated rings. The lowest BCUT2D eigenvalue weighted by Crippen LogP contribution is -2.40. The summed E-state index contributed by atoms with van der Waals surface area (Å²) < 4.78 is 29.0. The molecule has 1 atom stereocenters. The summed E-state index contributed by atoms with van der Waals surface area (Å²) in [6.07, 6.45) is 0.882. The van der Waals surface area contributed by atoms with Crippen molar-refractivity contribution in [2.75, 3.05) is 19.0 Å².